The van der Waals surface area contributed by atoms with Gasteiger partial charge in [0.1, 0.15) is 11.3 Å². The van der Waals surface area contributed by atoms with Gasteiger partial charge in [0.25, 0.3) is 0 Å². The molecular weight excluding hydrogens is 315 g/mol. The van der Waals surface area contributed by atoms with Gasteiger partial charge in [-0.25, -0.2) is 9.37 Å². The number of halogens is 1. The molecule has 0 aliphatic rings. The fourth-order valence-electron chi connectivity index (χ4n) is 2.23. The zero-order valence-electron chi connectivity index (χ0n) is 12.1. The van der Waals surface area contributed by atoms with Crippen molar-refractivity contribution < 1.29 is 8.81 Å². The van der Waals surface area contributed by atoms with Gasteiger partial charge < -0.3 is 4.42 Å². The van der Waals surface area contributed by atoms with Crippen molar-refractivity contribution in [3.05, 3.63) is 53.8 Å². The lowest BCUT2D eigenvalue weighted by Crippen LogP contribution is -1.89. The van der Waals surface area contributed by atoms with Crippen molar-refractivity contribution >= 4 is 32.7 Å². The molecule has 2 aromatic carbocycles. The van der Waals surface area contributed by atoms with Crippen LogP contribution in [0.1, 0.15) is 5.56 Å². The molecule has 0 unspecified atom stereocenters. The molecule has 4 rings (SSSR count). The zero-order chi connectivity index (χ0) is 15.8. The number of thiazole rings is 1. The lowest BCUT2D eigenvalue weighted by molar-refractivity contribution is 0.587. The number of benzene rings is 2. The van der Waals surface area contributed by atoms with Gasteiger partial charge in [0.05, 0.1) is 4.70 Å². The lowest BCUT2D eigenvalue weighted by Gasteiger charge is -1.96. The Bertz CT molecular complexity index is 995. The molecule has 0 atom stereocenters. The van der Waals surface area contributed by atoms with E-state index >= 15 is 0 Å². The van der Waals surface area contributed by atoms with Crippen molar-refractivity contribution in [3.63, 3.8) is 0 Å². The summed E-state index contributed by atoms with van der Waals surface area (Å²) < 4.78 is 20.0. The second kappa shape index (κ2) is 5.44. The van der Waals surface area contributed by atoms with E-state index in [0.717, 1.165) is 15.8 Å². The summed E-state index contributed by atoms with van der Waals surface area (Å²) in [6.07, 6.45) is 0. The smallest absolute Gasteiger partial charge is 0.322 e. The predicted octanol–water partition coefficient (Wildman–Crippen LogP) is 4.54. The molecule has 0 radical (unpaired) electrons. The van der Waals surface area contributed by atoms with Crippen LogP contribution >= 0.6 is 11.3 Å². The van der Waals surface area contributed by atoms with E-state index in [1.54, 1.807) is 6.07 Å². The normalized spacial score (nSPS) is 11.0. The molecule has 0 amide bonds. The summed E-state index contributed by atoms with van der Waals surface area (Å²) in [5, 5.41) is 11.4. The molecule has 1 N–H and O–H groups in total. The third kappa shape index (κ3) is 2.66. The Hall–Kier alpha value is -2.80. The van der Waals surface area contributed by atoms with Crippen molar-refractivity contribution in [3.8, 4) is 11.5 Å². The molecule has 0 spiro atoms. The monoisotopic (exact) mass is 326 g/mol. The molecule has 2 heterocycles. The number of fused-ring (bicyclic) bond motifs is 1. The highest BCUT2D eigenvalue weighted by atomic mass is 32.1. The van der Waals surface area contributed by atoms with Crippen LogP contribution < -0.4 is 5.32 Å². The number of nitrogens with one attached hydrogen (secondary N) is 1. The maximum atomic E-state index is 13.7. The van der Waals surface area contributed by atoms with Crippen LogP contribution in [0.15, 0.2) is 46.9 Å². The van der Waals surface area contributed by atoms with Gasteiger partial charge in [-0.2, -0.15) is 0 Å². The van der Waals surface area contributed by atoms with Gasteiger partial charge in [-0.1, -0.05) is 40.2 Å². The summed E-state index contributed by atoms with van der Waals surface area (Å²) in [5.41, 5.74) is 2.29. The van der Waals surface area contributed by atoms with Gasteiger partial charge >= 0.3 is 6.01 Å². The Morgan fingerprint density at radius 3 is 2.83 bits per heavy atom. The summed E-state index contributed by atoms with van der Waals surface area (Å²) in [6, 6.07) is 12.9. The van der Waals surface area contributed by atoms with E-state index in [4.69, 9.17) is 4.42 Å². The molecule has 4 aromatic rings. The van der Waals surface area contributed by atoms with Crippen LogP contribution in [0.25, 0.3) is 21.7 Å². The number of hydrogen-bond donors (Lipinski definition) is 1. The Kier molecular flexibility index (Phi) is 3.27. The Morgan fingerprint density at radius 2 is 2.00 bits per heavy atom. The van der Waals surface area contributed by atoms with Gasteiger partial charge in [-0.3, -0.25) is 5.32 Å². The SMILES string of the molecule is Cc1cccc(-c2nnc(Nc3nc4c(F)cccc4s3)o2)c1. The Balaban J connectivity index is 1.63. The van der Waals surface area contributed by atoms with Crippen LogP contribution in [0.2, 0.25) is 0 Å². The number of hydrogen-bond acceptors (Lipinski definition) is 6. The highest BCUT2D eigenvalue weighted by Gasteiger charge is 2.12. The molecule has 114 valence electrons. The largest absolute Gasteiger partial charge is 0.403 e. The molecule has 0 saturated carbocycles. The average molecular weight is 326 g/mol. The number of aromatic nitrogens is 3. The van der Waals surface area contributed by atoms with E-state index in [1.165, 1.54) is 17.4 Å². The number of aryl methyl sites for hydroxylation is 1. The number of para-hydroxylation sites is 1. The summed E-state index contributed by atoms with van der Waals surface area (Å²) in [7, 11) is 0. The molecule has 2 aromatic heterocycles. The first-order valence-corrected chi connectivity index (χ1v) is 7.73. The van der Waals surface area contributed by atoms with E-state index < -0.39 is 0 Å². The first-order chi connectivity index (χ1) is 11.2. The first kappa shape index (κ1) is 13.8. The van der Waals surface area contributed by atoms with Crippen LogP contribution in [-0.2, 0) is 0 Å². The van der Waals surface area contributed by atoms with Crippen LogP contribution in [0, 0.1) is 12.7 Å². The van der Waals surface area contributed by atoms with Crippen molar-refractivity contribution in [1.82, 2.24) is 15.2 Å². The van der Waals surface area contributed by atoms with E-state index in [1.807, 2.05) is 37.3 Å². The third-order valence-electron chi connectivity index (χ3n) is 3.27. The average Bonchev–Trinajstić information content (AvgIpc) is 3.15. The molecule has 0 fully saturated rings. The fourth-order valence-corrected chi connectivity index (χ4v) is 3.10. The van der Waals surface area contributed by atoms with Gasteiger partial charge in [-0.05, 0) is 31.2 Å². The first-order valence-electron chi connectivity index (χ1n) is 6.92. The minimum Gasteiger partial charge on any atom is -0.403 e. The minimum atomic E-state index is -0.349. The highest BCUT2D eigenvalue weighted by molar-refractivity contribution is 7.22. The van der Waals surface area contributed by atoms with Crippen LogP contribution in [0.4, 0.5) is 15.5 Å². The van der Waals surface area contributed by atoms with Crippen LogP contribution in [-0.4, -0.2) is 15.2 Å². The molecule has 0 aliphatic heterocycles. The van der Waals surface area contributed by atoms with Crippen molar-refractivity contribution in [1.29, 1.82) is 0 Å². The van der Waals surface area contributed by atoms with Gasteiger partial charge in [0.2, 0.25) is 5.89 Å². The topological polar surface area (TPSA) is 63.8 Å². The van der Waals surface area contributed by atoms with Crippen LogP contribution in [0.5, 0.6) is 0 Å². The fraction of sp³-hybridized carbons (Fsp3) is 0.0625. The predicted molar refractivity (Wildman–Crippen MR) is 87.3 cm³/mol. The quantitative estimate of drug-likeness (QED) is 0.599. The maximum Gasteiger partial charge on any atom is 0.322 e. The molecule has 23 heavy (non-hydrogen) atoms. The van der Waals surface area contributed by atoms with Gasteiger partial charge in [0.15, 0.2) is 5.13 Å². The van der Waals surface area contributed by atoms with E-state index in [2.05, 4.69) is 20.5 Å². The lowest BCUT2D eigenvalue weighted by atomic mass is 10.1. The van der Waals surface area contributed by atoms with Gasteiger partial charge in [-0.15, -0.1) is 5.10 Å². The third-order valence-corrected chi connectivity index (χ3v) is 4.21. The summed E-state index contributed by atoms with van der Waals surface area (Å²) >= 11 is 1.32. The van der Waals surface area contributed by atoms with Crippen LogP contribution in [0.3, 0.4) is 0 Å². The summed E-state index contributed by atoms with van der Waals surface area (Å²) in [5.74, 6) is 0.0706. The van der Waals surface area contributed by atoms with Crippen molar-refractivity contribution in [2.24, 2.45) is 0 Å². The van der Waals surface area contributed by atoms with E-state index in [-0.39, 0.29) is 11.8 Å². The number of anilines is 2. The number of nitrogens with zero attached hydrogens (tertiary/aromatic N) is 3. The molecule has 0 aliphatic carbocycles. The Morgan fingerprint density at radius 1 is 1.13 bits per heavy atom. The molecule has 0 bridgehead atoms. The van der Waals surface area contributed by atoms with E-state index in [0.29, 0.717) is 16.5 Å². The molecule has 5 nitrogen and oxygen atoms in total. The molecular formula is C16H11FN4OS. The standard InChI is InChI=1S/C16H11FN4OS/c1-9-4-2-5-10(8-9)14-20-21-15(22-14)19-16-18-13-11(17)6-3-7-12(13)23-16/h2-8H,1H3,(H,18,19,21). The van der Waals surface area contributed by atoms with Gasteiger partial charge in [0, 0.05) is 5.56 Å². The summed E-state index contributed by atoms with van der Waals surface area (Å²) in [4.78, 5) is 4.21. The summed E-state index contributed by atoms with van der Waals surface area (Å²) in [6.45, 7) is 1.99. The van der Waals surface area contributed by atoms with Crippen molar-refractivity contribution in [2.45, 2.75) is 6.92 Å². The second-order valence-electron chi connectivity index (χ2n) is 5.01. The molecule has 0 saturated heterocycles. The Labute approximate surface area is 134 Å². The molecule has 7 heteroatoms. The van der Waals surface area contributed by atoms with E-state index in [9.17, 15) is 4.39 Å². The van der Waals surface area contributed by atoms with Crippen molar-refractivity contribution in [2.75, 3.05) is 5.32 Å². The minimum absolute atomic E-state index is 0.223. The maximum absolute atomic E-state index is 13.7. The zero-order valence-corrected chi connectivity index (χ0v) is 12.9. The second-order valence-corrected chi connectivity index (χ2v) is 6.04. The highest BCUT2D eigenvalue weighted by Crippen LogP contribution is 2.30. The number of rotatable bonds is 3.